The van der Waals surface area contributed by atoms with E-state index in [1.54, 1.807) is 11.8 Å². The Morgan fingerprint density at radius 1 is 1.14 bits per heavy atom. The van der Waals surface area contributed by atoms with Crippen LogP contribution in [0.1, 0.15) is 39.1 Å². The minimum atomic E-state index is 0.171. The van der Waals surface area contributed by atoms with Crippen LogP contribution in [-0.2, 0) is 11.8 Å². The molecule has 0 aliphatic heterocycles. The van der Waals surface area contributed by atoms with Gasteiger partial charge in [-0.15, -0.1) is 0 Å². The maximum atomic E-state index is 5.45. The summed E-state index contributed by atoms with van der Waals surface area (Å²) in [6.45, 7) is 8.67. The molecule has 112 valence electrons. The van der Waals surface area contributed by atoms with Gasteiger partial charge in [0.25, 0.3) is 0 Å². The normalized spacial score (nSPS) is 11.5. The molecule has 1 heterocycles. The van der Waals surface area contributed by atoms with E-state index in [9.17, 15) is 0 Å². The van der Waals surface area contributed by atoms with E-state index in [-0.39, 0.29) is 5.41 Å². The Balaban J connectivity index is 2.22. The predicted octanol–water partition coefficient (Wildman–Crippen LogP) is 3.77. The average molecular weight is 302 g/mol. The van der Waals surface area contributed by atoms with Gasteiger partial charge in [0.1, 0.15) is 16.7 Å². The third kappa shape index (κ3) is 4.19. The third-order valence-corrected chi connectivity index (χ3v) is 4.08. The number of rotatable bonds is 4. The van der Waals surface area contributed by atoms with E-state index in [1.165, 1.54) is 5.56 Å². The third-order valence-electron chi connectivity index (χ3n) is 3.16. The fourth-order valence-electron chi connectivity index (χ4n) is 1.90. The van der Waals surface area contributed by atoms with Gasteiger partial charge in [-0.05, 0) is 23.1 Å². The van der Waals surface area contributed by atoms with Crippen LogP contribution in [0.2, 0.25) is 0 Å². The number of benzene rings is 1. The number of nitrogen functional groups attached to an aromatic ring is 1. The SMILES string of the molecule is CCc1nc(NN)cc(Sc2ccc(C(C)(C)C)cc2)n1. The van der Waals surface area contributed by atoms with E-state index < -0.39 is 0 Å². The molecule has 0 aliphatic carbocycles. The Morgan fingerprint density at radius 2 is 1.81 bits per heavy atom. The van der Waals surface area contributed by atoms with Crippen LogP contribution >= 0.6 is 11.8 Å². The second kappa shape index (κ2) is 6.45. The molecule has 0 bridgehead atoms. The number of nitrogens with two attached hydrogens (primary N) is 1. The molecule has 0 spiro atoms. The summed E-state index contributed by atoms with van der Waals surface area (Å²) in [5, 5.41) is 0.901. The van der Waals surface area contributed by atoms with Crippen molar-refractivity contribution in [2.45, 2.75) is 49.5 Å². The van der Waals surface area contributed by atoms with Gasteiger partial charge in [0.15, 0.2) is 0 Å². The van der Waals surface area contributed by atoms with Crippen molar-refractivity contribution in [2.75, 3.05) is 5.43 Å². The van der Waals surface area contributed by atoms with Gasteiger partial charge in [-0.25, -0.2) is 15.8 Å². The molecule has 0 saturated heterocycles. The van der Waals surface area contributed by atoms with Crippen LogP contribution in [0.25, 0.3) is 0 Å². The summed E-state index contributed by atoms with van der Waals surface area (Å²) in [4.78, 5) is 9.98. The van der Waals surface area contributed by atoms with E-state index in [1.807, 2.05) is 13.0 Å². The maximum Gasteiger partial charge on any atom is 0.144 e. The van der Waals surface area contributed by atoms with Gasteiger partial charge in [0.05, 0.1) is 0 Å². The van der Waals surface area contributed by atoms with Crippen LogP contribution in [0, 0.1) is 0 Å². The van der Waals surface area contributed by atoms with Gasteiger partial charge in [0, 0.05) is 17.4 Å². The molecule has 0 saturated carbocycles. The molecule has 0 aliphatic rings. The van der Waals surface area contributed by atoms with Gasteiger partial charge < -0.3 is 5.43 Å². The Kier molecular flexibility index (Phi) is 4.85. The van der Waals surface area contributed by atoms with Crippen molar-refractivity contribution in [3.8, 4) is 0 Å². The van der Waals surface area contributed by atoms with E-state index >= 15 is 0 Å². The number of aryl methyl sites for hydroxylation is 1. The lowest BCUT2D eigenvalue weighted by atomic mass is 9.87. The molecular weight excluding hydrogens is 280 g/mol. The zero-order valence-electron chi connectivity index (χ0n) is 13.0. The van der Waals surface area contributed by atoms with Crippen molar-refractivity contribution in [1.82, 2.24) is 9.97 Å². The van der Waals surface area contributed by atoms with Crippen molar-refractivity contribution in [2.24, 2.45) is 5.84 Å². The Labute approximate surface area is 130 Å². The number of hydrogen-bond acceptors (Lipinski definition) is 5. The quantitative estimate of drug-likeness (QED) is 0.511. The summed E-state index contributed by atoms with van der Waals surface area (Å²) in [6, 6.07) is 10.5. The molecule has 0 atom stereocenters. The van der Waals surface area contributed by atoms with Crippen LogP contribution in [0.4, 0.5) is 5.82 Å². The average Bonchev–Trinajstić information content (AvgIpc) is 2.46. The van der Waals surface area contributed by atoms with Crippen molar-refractivity contribution < 1.29 is 0 Å². The number of nitrogens with one attached hydrogen (secondary N) is 1. The van der Waals surface area contributed by atoms with Crippen molar-refractivity contribution in [3.05, 3.63) is 41.7 Å². The molecule has 21 heavy (non-hydrogen) atoms. The second-order valence-electron chi connectivity index (χ2n) is 5.88. The topological polar surface area (TPSA) is 63.8 Å². The fourth-order valence-corrected chi connectivity index (χ4v) is 2.74. The molecule has 0 radical (unpaired) electrons. The van der Waals surface area contributed by atoms with Crippen molar-refractivity contribution in [1.29, 1.82) is 0 Å². The number of nitrogens with zero attached hydrogens (tertiary/aromatic N) is 2. The smallest absolute Gasteiger partial charge is 0.144 e. The minimum Gasteiger partial charge on any atom is -0.308 e. The van der Waals surface area contributed by atoms with Gasteiger partial charge in [-0.3, -0.25) is 0 Å². The highest BCUT2D eigenvalue weighted by atomic mass is 32.2. The zero-order valence-corrected chi connectivity index (χ0v) is 13.8. The zero-order chi connectivity index (χ0) is 15.5. The maximum absolute atomic E-state index is 5.45. The van der Waals surface area contributed by atoms with Gasteiger partial charge in [0.2, 0.25) is 0 Å². The summed E-state index contributed by atoms with van der Waals surface area (Å²) < 4.78 is 0. The molecular formula is C16H22N4S. The van der Waals surface area contributed by atoms with Crippen LogP contribution < -0.4 is 11.3 Å². The Bertz CT molecular complexity index is 580. The molecule has 0 amide bonds. The lowest BCUT2D eigenvalue weighted by Gasteiger charge is -2.19. The fraction of sp³-hybridized carbons (Fsp3) is 0.375. The van der Waals surface area contributed by atoms with Crippen molar-refractivity contribution >= 4 is 17.6 Å². The highest BCUT2D eigenvalue weighted by molar-refractivity contribution is 7.99. The first-order valence-electron chi connectivity index (χ1n) is 7.05. The van der Waals surface area contributed by atoms with Gasteiger partial charge in [-0.2, -0.15) is 0 Å². The van der Waals surface area contributed by atoms with Crippen LogP contribution in [0.3, 0.4) is 0 Å². The van der Waals surface area contributed by atoms with E-state index in [0.29, 0.717) is 5.82 Å². The van der Waals surface area contributed by atoms with Gasteiger partial charge in [-0.1, -0.05) is 51.6 Å². The monoisotopic (exact) mass is 302 g/mol. The first kappa shape index (κ1) is 15.8. The molecule has 1 aromatic carbocycles. The standard InChI is InChI=1S/C16H22N4S/c1-5-13-18-14(20-17)10-15(19-13)21-12-8-6-11(7-9-12)16(2,3)4/h6-10H,5,17H2,1-4H3,(H,18,19,20). The molecule has 2 aromatic rings. The molecule has 0 fully saturated rings. The summed E-state index contributed by atoms with van der Waals surface area (Å²) in [7, 11) is 0. The molecule has 4 nitrogen and oxygen atoms in total. The molecule has 5 heteroatoms. The highest BCUT2D eigenvalue weighted by Crippen LogP contribution is 2.30. The summed E-state index contributed by atoms with van der Waals surface area (Å²) in [5.41, 5.74) is 4.09. The first-order chi connectivity index (χ1) is 9.92. The number of anilines is 1. The first-order valence-corrected chi connectivity index (χ1v) is 7.87. The second-order valence-corrected chi connectivity index (χ2v) is 6.98. The lowest BCUT2D eigenvalue weighted by molar-refractivity contribution is 0.590. The van der Waals surface area contributed by atoms with E-state index in [0.717, 1.165) is 22.2 Å². The largest absolute Gasteiger partial charge is 0.308 e. The number of aromatic nitrogens is 2. The summed E-state index contributed by atoms with van der Waals surface area (Å²) in [5.74, 6) is 6.89. The van der Waals surface area contributed by atoms with Crippen LogP contribution in [0.5, 0.6) is 0 Å². The Hall–Kier alpha value is -1.59. The molecule has 3 N–H and O–H groups in total. The van der Waals surface area contributed by atoms with Crippen LogP contribution in [0.15, 0.2) is 40.3 Å². The minimum absolute atomic E-state index is 0.171. The Morgan fingerprint density at radius 3 is 2.33 bits per heavy atom. The number of hydrazine groups is 1. The molecule has 2 rings (SSSR count). The summed E-state index contributed by atoms with van der Waals surface area (Å²) >= 11 is 1.62. The predicted molar refractivity (Wildman–Crippen MR) is 88.5 cm³/mol. The van der Waals surface area contributed by atoms with Gasteiger partial charge >= 0.3 is 0 Å². The summed E-state index contributed by atoms with van der Waals surface area (Å²) in [6.07, 6.45) is 0.784. The highest BCUT2D eigenvalue weighted by Gasteiger charge is 2.13. The number of hydrogen-bond donors (Lipinski definition) is 2. The van der Waals surface area contributed by atoms with Crippen molar-refractivity contribution in [3.63, 3.8) is 0 Å². The lowest BCUT2D eigenvalue weighted by Crippen LogP contribution is -2.10. The van der Waals surface area contributed by atoms with E-state index in [4.69, 9.17) is 5.84 Å². The molecule has 1 aromatic heterocycles. The van der Waals surface area contributed by atoms with Crippen LogP contribution in [-0.4, -0.2) is 9.97 Å². The van der Waals surface area contributed by atoms with E-state index in [2.05, 4.69) is 60.4 Å². The molecule has 0 unspecified atom stereocenters.